The van der Waals surface area contributed by atoms with Crippen LogP contribution >= 0.6 is 0 Å². The van der Waals surface area contributed by atoms with Crippen LogP contribution in [-0.2, 0) is 9.53 Å². The van der Waals surface area contributed by atoms with E-state index in [1.807, 2.05) is 0 Å². The fraction of sp³-hybridized carbons (Fsp3) is 0.882. The van der Waals surface area contributed by atoms with E-state index in [-0.39, 0.29) is 11.9 Å². The first-order valence-electron chi connectivity index (χ1n) is 8.89. The topological polar surface area (TPSA) is 78.9 Å². The summed E-state index contributed by atoms with van der Waals surface area (Å²) >= 11 is 0. The molecule has 130 valence electrons. The van der Waals surface area contributed by atoms with Crippen molar-refractivity contribution < 1.29 is 19.4 Å². The molecule has 0 spiro atoms. The van der Waals surface area contributed by atoms with E-state index in [2.05, 4.69) is 12.2 Å². The molecule has 3 aliphatic rings. The molecule has 2 heterocycles. The van der Waals surface area contributed by atoms with Crippen molar-refractivity contribution in [2.24, 2.45) is 17.3 Å². The molecule has 2 amide bonds. The number of hydrogen-bond acceptors (Lipinski definition) is 3. The Labute approximate surface area is 137 Å². The number of carboxylic acid groups (broad SMARTS) is 1. The number of rotatable bonds is 4. The number of aliphatic carboxylic acids is 1. The lowest BCUT2D eigenvalue weighted by atomic mass is 9.81. The molecule has 0 bridgehead atoms. The van der Waals surface area contributed by atoms with Gasteiger partial charge in [0.15, 0.2) is 0 Å². The van der Waals surface area contributed by atoms with Crippen LogP contribution in [0.3, 0.4) is 0 Å². The van der Waals surface area contributed by atoms with Gasteiger partial charge in [-0.3, -0.25) is 4.79 Å². The first kappa shape index (κ1) is 16.6. The second kappa shape index (κ2) is 6.67. The van der Waals surface area contributed by atoms with Crippen molar-refractivity contribution in [2.45, 2.75) is 51.6 Å². The van der Waals surface area contributed by atoms with Gasteiger partial charge in [-0.25, -0.2) is 4.79 Å². The van der Waals surface area contributed by atoms with E-state index >= 15 is 0 Å². The molecule has 2 saturated heterocycles. The Balaban J connectivity index is 1.45. The third-order valence-electron chi connectivity index (χ3n) is 6.01. The summed E-state index contributed by atoms with van der Waals surface area (Å²) in [5.74, 6) is 0.0101. The number of fused-ring (bicyclic) bond motifs is 1. The number of carbonyl (C=O) groups is 2. The van der Waals surface area contributed by atoms with Gasteiger partial charge in [-0.05, 0) is 50.9 Å². The van der Waals surface area contributed by atoms with Crippen LogP contribution in [-0.4, -0.2) is 54.4 Å². The van der Waals surface area contributed by atoms with Crippen LogP contribution in [0.2, 0.25) is 0 Å². The van der Waals surface area contributed by atoms with Gasteiger partial charge in [-0.15, -0.1) is 0 Å². The van der Waals surface area contributed by atoms with Gasteiger partial charge in [0, 0.05) is 26.2 Å². The second-order valence-corrected chi connectivity index (χ2v) is 7.52. The van der Waals surface area contributed by atoms with E-state index in [9.17, 15) is 14.7 Å². The molecule has 1 saturated carbocycles. The third kappa shape index (κ3) is 3.32. The zero-order valence-corrected chi connectivity index (χ0v) is 13.9. The summed E-state index contributed by atoms with van der Waals surface area (Å²) in [7, 11) is 0. The number of carboxylic acids is 1. The maximum atomic E-state index is 12.3. The van der Waals surface area contributed by atoms with Crippen LogP contribution in [0, 0.1) is 17.3 Å². The molecule has 6 heteroatoms. The normalized spacial score (nSPS) is 36.7. The predicted octanol–water partition coefficient (Wildman–Crippen LogP) is 2.09. The first-order chi connectivity index (χ1) is 11.0. The second-order valence-electron chi connectivity index (χ2n) is 7.52. The van der Waals surface area contributed by atoms with Crippen LogP contribution in [0.5, 0.6) is 0 Å². The summed E-state index contributed by atoms with van der Waals surface area (Å²) < 4.78 is 5.54. The van der Waals surface area contributed by atoms with Crippen molar-refractivity contribution >= 4 is 12.0 Å². The van der Waals surface area contributed by atoms with Crippen molar-refractivity contribution in [3.63, 3.8) is 0 Å². The minimum absolute atomic E-state index is 0.0971. The number of ether oxygens (including phenoxy) is 1. The van der Waals surface area contributed by atoms with E-state index in [1.165, 1.54) is 0 Å². The van der Waals surface area contributed by atoms with Crippen molar-refractivity contribution in [3.05, 3.63) is 0 Å². The lowest BCUT2D eigenvalue weighted by Gasteiger charge is -2.27. The van der Waals surface area contributed by atoms with Crippen LogP contribution in [0.1, 0.15) is 45.4 Å². The van der Waals surface area contributed by atoms with Crippen molar-refractivity contribution in [1.29, 1.82) is 0 Å². The van der Waals surface area contributed by atoms with Crippen LogP contribution < -0.4 is 5.32 Å². The van der Waals surface area contributed by atoms with Gasteiger partial charge >= 0.3 is 12.0 Å². The number of hydrogen-bond donors (Lipinski definition) is 2. The van der Waals surface area contributed by atoms with E-state index in [0.29, 0.717) is 38.1 Å². The van der Waals surface area contributed by atoms with Gasteiger partial charge in [-0.2, -0.15) is 0 Å². The summed E-state index contributed by atoms with van der Waals surface area (Å²) in [6.07, 6.45) is 6.01. The van der Waals surface area contributed by atoms with E-state index < -0.39 is 11.4 Å². The highest BCUT2D eigenvalue weighted by Gasteiger charge is 2.55. The fourth-order valence-electron chi connectivity index (χ4n) is 4.64. The summed E-state index contributed by atoms with van der Waals surface area (Å²) in [6, 6.07) is -0.0971. The molecule has 0 aromatic heterocycles. The average Bonchev–Trinajstić information content (AvgIpc) is 3.05. The largest absolute Gasteiger partial charge is 0.481 e. The molecule has 2 aliphatic heterocycles. The molecule has 2 unspecified atom stereocenters. The molecule has 1 aliphatic carbocycles. The van der Waals surface area contributed by atoms with Crippen LogP contribution in [0.15, 0.2) is 0 Å². The van der Waals surface area contributed by atoms with E-state index in [4.69, 9.17) is 4.74 Å². The maximum absolute atomic E-state index is 12.3. The molecule has 2 N–H and O–H groups in total. The quantitative estimate of drug-likeness (QED) is 0.830. The predicted molar refractivity (Wildman–Crippen MR) is 85.1 cm³/mol. The monoisotopic (exact) mass is 324 g/mol. The van der Waals surface area contributed by atoms with E-state index in [1.54, 1.807) is 4.90 Å². The number of nitrogens with zero attached hydrogens (tertiary/aromatic N) is 1. The summed E-state index contributed by atoms with van der Waals surface area (Å²) in [5, 5.41) is 12.6. The highest BCUT2D eigenvalue weighted by Crippen LogP contribution is 2.48. The van der Waals surface area contributed by atoms with Crippen LogP contribution in [0.25, 0.3) is 0 Å². The van der Waals surface area contributed by atoms with E-state index in [0.717, 1.165) is 38.7 Å². The molecule has 0 radical (unpaired) electrons. The minimum atomic E-state index is -0.730. The van der Waals surface area contributed by atoms with Gasteiger partial charge in [0.05, 0.1) is 11.5 Å². The Bertz CT molecular complexity index is 470. The summed E-state index contributed by atoms with van der Waals surface area (Å²) in [5.41, 5.74) is -0.687. The van der Waals surface area contributed by atoms with Gasteiger partial charge in [-0.1, -0.05) is 6.42 Å². The molecule has 0 aromatic carbocycles. The Morgan fingerprint density at radius 3 is 2.91 bits per heavy atom. The number of urea groups is 1. The third-order valence-corrected chi connectivity index (χ3v) is 6.01. The van der Waals surface area contributed by atoms with Gasteiger partial charge < -0.3 is 20.1 Å². The summed E-state index contributed by atoms with van der Waals surface area (Å²) in [6.45, 7) is 4.53. The number of carbonyl (C=O) groups excluding carboxylic acids is 1. The fourth-order valence-corrected chi connectivity index (χ4v) is 4.64. The first-order valence-corrected chi connectivity index (χ1v) is 8.89. The molecular weight excluding hydrogens is 296 g/mol. The number of likely N-dealkylation sites (tertiary alicyclic amines) is 1. The highest BCUT2D eigenvalue weighted by atomic mass is 16.5. The number of amides is 2. The number of nitrogens with one attached hydrogen (secondary N) is 1. The van der Waals surface area contributed by atoms with Gasteiger partial charge in [0.1, 0.15) is 0 Å². The minimum Gasteiger partial charge on any atom is -0.481 e. The standard InChI is InChI=1S/C17H28N2O4/c1-12-9-13(5-8-23-12)4-7-18-16(22)19-10-14-3-2-6-17(14,11-19)15(20)21/h12-14H,2-11H2,1H3,(H,18,22)(H,20,21)/t12?,13?,14-,17+/m0/s1. The van der Waals surface area contributed by atoms with Crippen LogP contribution in [0.4, 0.5) is 4.79 Å². The average molecular weight is 324 g/mol. The Hall–Kier alpha value is -1.30. The lowest BCUT2D eigenvalue weighted by molar-refractivity contribution is -0.149. The van der Waals surface area contributed by atoms with Crippen molar-refractivity contribution in [2.75, 3.05) is 26.2 Å². The lowest BCUT2D eigenvalue weighted by Crippen LogP contribution is -2.42. The molecule has 0 aromatic rings. The highest BCUT2D eigenvalue weighted by molar-refractivity contribution is 5.80. The van der Waals surface area contributed by atoms with Gasteiger partial charge in [0.2, 0.25) is 0 Å². The smallest absolute Gasteiger partial charge is 0.317 e. The molecule has 23 heavy (non-hydrogen) atoms. The Morgan fingerprint density at radius 1 is 1.39 bits per heavy atom. The molecule has 3 rings (SSSR count). The molecule has 3 fully saturated rings. The molecule has 6 nitrogen and oxygen atoms in total. The summed E-state index contributed by atoms with van der Waals surface area (Å²) in [4.78, 5) is 25.7. The Kier molecular flexibility index (Phi) is 4.80. The van der Waals surface area contributed by atoms with Crippen molar-refractivity contribution in [1.82, 2.24) is 10.2 Å². The van der Waals surface area contributed by atoms with Gasteiger partial charge in [0.25, 0.3) is 0 Å². The maximum Gasteiger partial charge on any atom is 0.317 e. The molecule has 4 atom stereocenters. The zero-order valence-electron chi connectivity index (χ0n) is 13.9. The molecular formula is C17H28N2O4. The zero-order chi connectivity index (χ0) is 16.4. The SMILES string of the molecule is CC1CC(CCNC(=O)N2C[C@@H]3CCC[C@@]3(C(=O)O)C2)CCO1. The Morgan fingerprint density at radius 2 is 2.22 bits per heavy atom. The van der Waals surface area contributed by atoms with Crippen molar-refractivity contribution in [3.8, 4) is 0 Å².